The molecule has 2 heteroatoms. The maximum absolute atomic E-state index is 3.50. The molecule has 1 N–H and O–H groups in total. The molecule has 0 aromatic rings. The van der Waals surface area contributed by atoms with Crippen molar-refractivity contribution in [2.45, 2.75) is 65.0 Å². The summed E-state index contributed by atoms with van der Waals surface area (Å²) in [6.45, 7) is 10.4. The van der Waals surface area contributed by atoms with E-state index in [9.17, 15) is 0 Å². The van der Waals surface area contributed by atoms with Gasteiger partial charge in [0, 0.05) is 18.6 Å². The molecule has 1 aliphatic rings. The van der Waals surface area contributed by atoms with Crippen LogP contribution in [0.15, 0.2) is 0 Å². The van der Waals surface area contributed by atoms with E-state index in [0.29, 0.717) is 0 Å². The summed E-state index contributed by atoms with van der Waals surface area (Å²) in [6, 6.07) is 1.61. The molecule has 0 bridgehead atoms. The monoisotopic (exact) mass is 212 g/mol. The first-order valence-corrected chi connectivity index (χ1v) is 6.79. The lowest BCUT2D eigenvalue weighted by molar-refractivity contribution is 0.0885. The van der Waals surface area contributed by atoms with Crippen molar-refractivity contribution in [3.63, 3.8) is 0 Å². The summed E-state index contributed by atoms with van der Waals surface area (Å²) in [5.74, 6) is 0. The summed E-state index contributed by atoms with van der Waals surface area (Å²) < 4.78 is 0. The molecule has 1 saturated heterocycles. The van der Waals surface area contributed by atoms with Crippen molar-refractivity contribution in [2.24, 2.45) is 0 Å². The molecule has 1 heterocycles. The Bertz CT molecular complexity index is 159. The molecule has 90 valence electrons. The van der Waals surface area contributed by atoms with Crippen LogP contribution >= 0.6 is 0 Å². The topological polar surface area (TPSA) is 15.3 Å². The molecule has 1 rings (SSSR count). The summed E-state index contributed by atoms with van der Waals surface area (Å²) >= 11 is 0. The molecule has 2 atom stereocenters. The van der Waals surface area contributed by atoms with E-state index in [0.717, 1.165) is 18.6 Å². The zero-order valence-corrected chi connectivity index (χ0v) is 10.8. The van der Waals surface area contributed by atoms with Crippen LogP contribution in [0.2, 0.25) is 0 Å². The largest absolute Gasteiger partial charge is 0.315 e. The minimum Gasteiger partial charge on any atom is -0.315 e. The first kappa shape index (κ1) is 13.0. The molecule has 0 aliphatic carbocycles. The van der Waals surface area contributed by atoms with Crippen LogP contribution in [-0.4, -0.2) is 36.6 Å². The molecule has 0 radical (unpaired) electrons. The lowest BCUT2D eigenvalue weighted by Gasteiger charge is -2.41. The van der Waals surface area contributed by atoms with Crippen molar-refractivity contribution in [3.8, 4) is 0 Å². The Morgan fingerprint density at radius 2 is 2.07 bits per heavy atom. The summed E-state index contributed by atoms with van der Waals surface area (Å²) in [5.41, 5.74) is 0. The molecular weight excluding hydrogens is 184 g/mol. The fraction of sp³-hybridized carbons (Fsp3) is 1.00. The van der Waals surface area contributed by atoms with Gasteiger partial charge in [0.1, 0.15) is 0 Å². The Kier molecular flexibility index (Phi) is 6.26. The van der Waals surface area contributed by atoms with Crippen LogP contribution in [-0.2, 0) is 0 Å². The number of hydrogen-bond acceptors (Lipinski definition) is 2. The number of nitrogens with zero attached hydrogens (tertiary/aromatic N) is 1. The molecule has 0 aromatic heterocycles. The highest BCUT2D eigenvalue weighted by Crippen LogP contribution is 2.22. The van der Waals surface area contributed by atoms with Crippen LogP contribution in [0, 0.1) is 0 Å². The Labute approximate surface area is 95.4 Å². The predicted molar refractivity (Wildman–Crippen MR) is 67.3 cm³/mol. The van der Waals surface area contributed by atoms with Gasteiger partial charge in [-0.1, -0.05) is 27.2 Å². The van der Waals surface area contributed by atoms with Gasteiger partial charge < -0.3 is 5.32 Å². The van der Waals surface area contributed by atoms with Gasteiger partial charge in [-0.3, -0.25) is 4.90 Å². The van der Waals surface area contributed by atoms with E-state index in [1.54, 1.807) is 0 Å². The Morgan fingerprint density at radius 3 is 2.67 bits per heavy atom. The third-order valence-electron chi connectivity index (χ3n) is 3.71. The second-order valence-electron chi connectivity index (χ2n) is 4.67. The number of hydrogen-bond donors (Lipinski definition) is 1. The Hall–Kier alpha value is -0.0800. The van der Waals surface area contributed by atoms with Gasteiger partial charge in [0.25, 0.3) is 0 Å². The number of nitrogens with one attached hydrogen (secondary N) is 1. The highest BCUT2D eigenvalue weighted by atomic mass is 15.2. The third-order valence-corrected chi connectivity index (χ3v) is 3.71. The second-order valence-corrected chi connectivity index (χ2v) is 4.67. The number of likely N-dealkylation sites (N-methyl/N-ethyl adjacent to an activating group) is 1. The second kappa shape index (κ2) is 7.24. The van der Waals surface area contributed by atoms with E-state index >= 15 is 0 Å². The minimum atomic E-state index is 0.759. The normalized spacial score (nSPS) is 25.4. The summed E-state index contributed by atoms with van der Waals surface area (Å²) in [5, 5.41) is 3.50. The molecule has 0 aromatic carbocycles. The molecule has 0 saturated carbocycles. The van der Waals surface area contributed by atoms with Crippen LogP contribution in [0.25, 0.3) is 0 Å². The van der Waals surface area contributed by atoms with Crippen molar-refractivity contribution in [3.05, 3.63) is 0 Å². The smallest absolute Gasteiger partial charge is 0.0220 e. The van der Waals surface area contributed by atoms with Gasteiger partial charge in [-0.25, -0.2) is 0 Å². The average Bonchev–Trinajstić information content (AvgIpc) is 2.30. The van der Waals surface area contributed by atoms with Crippen LogP contribution in [0.4, 0.5) is 0 Å². The van der Waals surface area contributed by atoms with Gasteiger partial charge in [0.2, 0.25) is 0 Å². The summed E-state index contributed by atoms with van der Waals surface area (Å²) in [7, 11) is 0. The quantitative estimate of drug-likeness (QED) is 0.728. The lowest BCUT2D eigenvalue weighted by atomic mass is 9.97. The molecule has 1 aliphatic heterocycles. The van der Waals surface area contributed by atoms with E-state index in [1.165, 1.54) is 45.2 Å². The van der Waals surface area contributed by atoms with E-state index in [1.807, 2.05) is 0 Å². The van der Waals surface area contributed by atoms with Crippen molar-refractivity contribution < 1.29 is 0 Å². The Balaban J connectivity index is 2.47. The van der Waals surface area contributed by atoms with Crippen molar-refractivity contribution in [2.75, 3.05) is 19.6 Å². The summed E-state index contributed by atoms with van der Waals surface area (Å²) in [6.07, 6.45) is 6.86. The first-order valence-electron chi connectivity index (χ1n) is 6.79. The molecular formula is C13H28N2. The number of likely N-dealkylation sites (tertiary alicyclic amines) is 1. The zero-order chi connectivity index (χ0) is 11.1. The van der Waals surface area contributed by atoms with Crippen LogP contribution < -0.4 is 5.32 Å². The molecule has 0 amide bonds. The summed E-state index contributed by atoms with van der Waals surface area (Å²) in [4.78, 5) is 2.76. The van der Waals surface area contributed by atoms with Gasteiger partial charge in [0.15, 0.2) is 0 Å². The molecule has 0 spiro atoms. The van der Waals surface area contributed by atoms with Gasteiger partial charge in [-0.05, 0) is 38.8 Å². The van der Waals surface area contributed by atoms with Gasteiger partial charge >= 0.3 is 0 Å². The predicted octanol–water partition coefficient (Wildman–Crippen LogP) is 2.64. The number of piperidine rings is 1. The highest BCUT2D eigenvalue weighted by Gasteiger charge is 2.26. The Morgan fingerprint density at radius 1 is 1.27 bits per heavy atom. The molecule has 1 fully saturated rings. The van der Waals surface area contributed by atoms with Crippen LogP contribution in [0.5, 0.6) is 0 Å². The fourth-order valence-electron chi connectivity index (χ4n) is 2.75. The maximum atomic E-state index is 3.50. The van der Waals surface area contributed by atoms with Crippen molar-refractivity contribution >= 4 is 0 Å². The molecule has 15 heavy (non-hydrogen) atoms. The van der Waals surface area contributed by atoms with E-state index in [-0.39, 0.29) is 0 Å². The van der Waals surface area contributed by atoms with Gasteiger partial charge in [-0.15, -0.1) is 0 Å². The maximum Gasteiger partial charge on any atom is 0.0220 e. The SMILES string of the molecule is CCNCC(CC)N1CCCCC1CC. The van der Waals surface area contributed by atoms with E-state index < -0.39 is 0 Å². The van der Waals surface area contributed by atoms with Crippen LogP contribution in [0.1, 0.15) is 52.9 Å². The fourth-order valence-corrected chi connectivity index (χ4v) is 2.75. The molecule has 2 nitrogen and oxygen atoms in total. The van der Waals surface area contributed by atoms with Crippen molar-refractivity contribution in [1.82, 2.24) is 10.2 Å². The number of rotatable bonds is 6. The molecule has 2 unspecified atom stereocenters. The van der Waals surface area contributed by atoms with E-state index in [2.05, 4.69) is 31.0 Å². The minimum absolute atomic E-state index is 0.759. The lowest BCUT2D eigenvalue weighted by Crippen LogP contribution is -2.49. The van der Waals surface area contributed by atoms with Gasteiger partial charge in [-0.2, -0.15) is 0 Å². The third kappa shape index (κ3) is 3.76. The van der Waals surface area contributed by atoms with Crippen LogP contribution in [0.3, 0.4) is 0 Å². The van der Waals surface area contributed by atoms with E-state index in [4.69, 9.17) is 0 Å². The standard InChI is InChI=1S/C13H28N2/c1-4-12-9-7-8-10-15(12)13(5-2)11-14-6-3/h12-14H,4-11H2,1-3H3. The van der Waals surface area contributed by atoms with Gasteiger partial charge in [0.05, 0.1) is 0 Å². The highest BCUT2D eigenvalue weighted by molar-refractivity contribution is 4.82. The zero-order valence-electron chi connectivity index (χ0n) is 10.8. The van der Waals surface area contributed by atoms with Crippen molar-refractivity contribution in [1.29, 1.82) is 0 Å². The average molecular weight is 212 g/mol. The first-order chi connectivity index (χ1) is 7.33.